The highest BCUT2D eigenvalue weighted by Gasteiger charge is 2.34. The van der Waals surface area contributed by atoms with Crippen LogP contribution in [0.3, 0.4) is 0 Å². The van der Waals surface area contributed by atoms with Crippen molar-refractivity contribution in [1.29, 1.82) is 0 Å². The van der Waals surface area contributed by atoms with Crippen LogP contribution >= 0.6 is 23.5 Å². The van der Waals surface area contributed by atoms with E-state index in [2.05, 4.69) is 9.03 Å². The molecule has 1 atom stereocenters. The van der Waals surface area contributed by atoms with Gasteiger partial charge < -0.3 is 4.74 Å². The SMILES string of the molecule is COC(=O)c1ccc(C2=CSC(O[Cl+3]([O-])([O-])[O-])S2)cc1. The van der Waals surface area contributed by atoms with Crippen LogP contribution < -0.4 is 14.0 Å². The van der Waals surface area contributed by atoms with Gasteiger partial charge >= 0.3 is 10.7 Å². The van der Waals surface area contributed by atoms with Gasteiger partial charge in [0, 0.05) is 4.91 Å². The number of hydrogen-bond donors (Lipinski definition) is 0. The Labute approximate surface area is 125 Å². The van der Waals surface area contributed by atoms with Crippen molar-refractivity contribution < 1.29 is 38.0 Å². The van der Waals surface area contributed by atoms with Crippen molar-refractivity contribution in [2.75, 3.05) is 7.11 Å². The molecule has 6 nitrogen and oxygen atoms in total. The van der Waals surface area contributed by atoms with E-state index >= 15 is 0 Å². The zero-order chi connectivity index (χ0) is 14.8. The quantitative estimate of drug-likeness (QED) is 0.674. The number of halogens is 1. The number of benzene rings is 1. The smallest absolute Gasteiger partial charge is 0.337 e. The summed E-state index contributed by atoms with van der Waals surface area (Å²) in [5.74, 6) is -0.434. The van der Waals surface area contributed by atoms with Crippen LogP contribution in [0.5, 0.6) is 0 Å². The lowest BCUT2D eigenvalue weighted by Crippen LogP contribution is -2.61. The molecule has 0 fully saturated rings. The van der Waals surface area contributed by atoms with Gasteiger partial charge in [0.15, 0.2) is 0 Å². The van der Waals surface area contributed by atoms with Crippen LogP contribution in [0.25, 0.3) is 4.91 Å². The maximum Gasteiger partial charge on any atom is 0.337 e. The van der Waals surface area contributed by atoms with Crippen LogP contribution in [0.4, 0.5) is 0 Å². The third-order valence-corrected chi connectivity index (χ3v) is 5.25. The molecule has 0 bridgehead atoms. The minimum Gasteiger partial charge on any atom is -0.465 e. The van der Waals surface area contributed by atoms with Crippen molar-refractivity contribution in [3.8, 4) is 0 Å². The van der Waals surface area contributed by atoms with Crippen LogP contribution in [0.15, 0.2) is 29.7 Å². The van der Waals surface area contributed by atoms with E-state index in [0.717, 1.165) is 34.0 Å². The highest BCUT2D eigenvalue weighted by Crippen LogP contribution is 2.46. The van der Waals surface area contributed by atoms with Gasteiger partial charge in [-0.2, -0.15) is 14.0 Å². The topological polar surface area (TPSA) is 105 Å². The number of carbonyl (C=O) groups excluding carboxylic acids is 1. The molecule has 0 N–H and O–H groups in total. The van der Waals surface area contributed by atoms with Gasteiger partial charge in [-0.1, -0.05) is 35.7 Å². The fraction of sp³-hybridized carbons (Fsp3) is 0.182. The summed E-state index contributed by atoms with van der Waals surface area (Å²) >= 11 is 2.20. The third kappa shape index (κ3) is 4.13. The van der Waals surface area contributed by atoms with Gasteiger partial charge in [-0.05, 0) is 23.1 Å². The van der Waals surface area contributed by atoms with Crippen LogP contribution in [0.2, 0.25) is 0 Å². The first kappa shape index (κ1) is 15.6. The molecule has 0 saturated carbocycles. The number of rotatable bonds is 4. The second kappa shape index (κ2) is 6.35. The summed E-state index contributed by atoms with van der Waals surface area (Å²) < 4.78 is 39.5. The first-order valence-corrected chi connectivity index (χ1v) is 8.25. The standard InChI is InChI=1S/C11H9ClO6S2/c1-17-10(13)8-4-2-7(3-5-8)9-6-19-11(20-9)18-12(14,15)16/h2-6,11H,1H3. The summed E-state index contributed by atoms with van der Waals surface area (Å²) in [5, 5.41) is 1.70. The third-order valence-electron chi connectivity index (χ3n) is 2.28. The molecule has 0 aliphatic carbocycles. The Balaban J connectivity index is 2.02. The van der Waals surface area contributed by atoms with Crippen molar-refractivity contribution in [2.45, 2.75) is 4.77 Å². The Kier molecular flexibility index (Phi) is 4.97. The van der Waals surface area contributed by atoms with Gasteiger partial charge in [0.05, 0.1) is 27.2 Å². The molecule has 0 radical (unpaired) electrons. The monoisotopic (exact) mass is 336 g/mol. The van der Waals surface area contributed by atoms with E-state index in [4.69, 9.17) is 0 Å². The first-order chi connectivity index (χ1) is 9.39. The number of carbonyl (C=O) groups is 1. The lowest BCUT2D eigenvalue weighted by atomic mass is 10.1. The van der Waals surface area contributed by atoms with Crippen molar-refractivity contribution in [3.05, 3.63) is 40.8 Å². The predicted octanol–water partition coefficient (Wildman–Crippen LogP) is -0.551. The predicted molar refractivity (Wildman–Crippen MR) is 65.8 cm³/mol. The van der Waals surface area contributed by atoms with E-state index in [1.54, 1.807) is 29.7 Å². The molecular formula is C11H9ClO6S2. The summed E-state index contributed by atoms with van der Waals surface area (Å²) in [5.41, 5.74) is 1.21. The van der Waals surface area contributed by atoms with Crippen molar-refractivity contribution >= 4 is 34.4 Å². The summed E-state index contributed by atoms with van der Waals surface area (Å²) in [6.45, 7) is 0. The molecule has 1 unspecified atom stereocenters. The number of ether oxygens (including phenoxy) is 1. The Morgan fingerprint density at radius 2 is 1.90 bits per heavy atom. The molecule has 9 heteroatoms. The largest absolute Gasteiger partial charge is 0.465 e. The number of methoxy groups -OCH3 is 1. The summed E-state index contributed by atoms with van der Waals surface area (Å²) in [6, 6.07) is 6.61. The Morgan fingerprint density at radius 3 is 2.45 bits per heavy atom. The van der Waals surface area contributed by atoms with Gasteiger partial charge in [0.25, 0.3) is 0 Å². The van der Waals surface area contributed by atoms with E-state index in [1.165, 1.54) is 7.11 Å². The van der Waals surface area contributed by atoms with E-state index < -0.39 is 21.0 Å². The molecule has 1 aliphatic heterocycles. The van der Waals surface area contributed by atoms with Crippen LogP contribution in [-0.2, 0) is 9.03 Å². The van der Waals surface area contributed by atoms with E-state index in [1.807, 2.05) is 0 Å². The van der Waals surface area contributed by atoms with E-state index in [-0.39, 0.29) is 0 Å². The molecule has 1 aliphatic rings. The zero-order valence-electron chi connectivity index (χ0n) is 10.1. The zero-order valence-corrected chi connectivity index (χ0v) is 12.5. The molecule has 108 valence electrons. The summed E-state index contributed by atoms with van der Waals surface area (Å²) in [7, 11) is -3.15. The molecule has 1 aromatic rings. The normalized spacial score (nSPS) is 18.8. The lowest BCUT2D eigenvalue weighted by Gasteiger charge is -2.14. The summed E-state index contributed by atoms with van der Waals surface area (Å²) in [6.07, 6.45) is 0. The Morgan fingerprint density at radius 1 is 1.25 bits per heavy atom. The lowest BCUT2D eigenvalue weighted by molar-refractivity contribution is -1.92. The highest BCUT2D eigenvalue weighted by molar-refractivity contribution is 8.25. The fourth-order valence-electron chi connectivity index (χ4n) is 1.43. The molecule has 0 saturated heterocycles. The second-order valence-corrected chi connectivity index (χ2v) is 6.83. The van der Waals surface area contributed by atoms with Gasteiger partial charge in [-0.15, -0.1) is 0 Å². The van der Waals surface area contributed by atoms with Gasteiger partial charge in [0.1, 0.15) is 0 Å². The first-order valence-electron chi connectivity index (χ1n) is 5.19. The maximum absolute atomic E-state index is 11.3. The van der Waals surface area contributed by atoms with E-state index in [9.17, 15) is 18.8 Å². The van der Waals surface area contributed by atoms with Gasteiger partial charge in [0.2, 0.25) is 0 Å². The maximum atomic E-state index is 11.3. The molecule has 0 aromatic heterocycles. The number of esters is 1. The van der Waals surface area contributed by atoms with Gasteiger partial charge in [-0.3, -0.25) is 0 Å². The summed E-state index contributed by atoms with van der Waals surface area (Å²) in [4.78, 5) is 12.0. The van der Waals surface area contributed by atoms with Crippen molar-refractivity contribution in [1.82, 2.24) is 0 Å². The average molecular weight is 337 g/mol. The Bertz CT molecular complexity index is 525. The molecular weight excluding hydrogens is 328 g/mol. The molecule has 2 rings (SSSR count). The average Bonchev–Trinajstić information content (AvgIpc) is 2.84. The van der Waals surface area contributed by atoms with Crippen LogP contribution in [-0.4, -0.2) is 17.8 Å². The molecule has 20 heavy (non-hydrogen) atoms. The Hall–Kier alpha value is -0.740. The van der Waals surface area contributed by atoms with E-state index in [0.29, 0.717) is 5.56 Å². The molecule has 0 spiro atoms. The van der Waals surface area contributed by atoms with Gasteiger partial charge in [-0.25, -0.2) is 4.79 Å². The molecule has 0 amide bonds. The second-order valence-electron chi connectivity index (χ2n) is 3.56. The minimum atomic E-state index is -4.45. The van der Waals surface area contributed by atoms with Crippen LogP contribution in [0, 0.1) is 10.2 Å². The number of hydrogen-bond acceptors (Lipinski definition) is 8. The minimum absolute atomic E-state index is 0.418. The number of thioether (sulfide) groups is 2. The molecule has 1 heterocycles. The van der Waals surface area contributed by atoms with Crippen molar-refractivity contribution in [2.24, 2.45) is 0 Å². The van der Waals surface area contributed by atoms with Crippen LogP contribution in [0.1, 0.15) is 15.9 Å². The molecule has 1 aromatic carbocycles. The fourth-order valence-corrected chi connectivity index (χ4v) is 4.39. The highest BCUT2D eigenvalue weighted by atomic mass is 35.7. The van der Waals surface area contributed by atoms with Crippen molar-refractivity contribution in [3.63, 3.8) is 0 Å².